The molecule has 0 heterocycles. The van der Waals surface area contributed by atoms with Gasteiger partial charge in [0.05, 0.1) is 0 Å². The summed E-state index contributed by atoms with van der Waals surface area (Å²) in [6.07, 6.45) is 1.27. The van der Waals surface area contributed by atoms with Crippen LogP contribution in [0.1, 0.15) is 111 Å². The maximum absolute atomic E-state index is 5.16. The second kappa shape index (κ2) is 37.0. The fourth-order valence-electron chi connectivity index (χ4n) is 0.791. The van der Waals surface area contributed by atoms with E-state index in [1.807, 2.05) is 98.7 Å². The normalized spacial score (nSPS) is 8.36. The van der Waals surface area contributed by atoms with E-state index in [1.165, 1.54) is 6.42 Å². The third-order valence-corrected chi connectivity index (χ3v) is 2.71. The van der Waals surface area contributed by atoms with Crippen LogP contribution in [0.15, 0.2) is 36.4 Å². The fourth-order valence-corrected chi connectivity index (χ4v) is 0.791. The molecule has 0 saturated carbocycles. The molecule has 1 aromatic carbocycles. The highest BCUT2D eigenvalue weighted by atomic mass is 16.7. The number of hydrogen-bond donors (Lipinski definition) is 0. The average molecular weight is 405 g/mol. The Morgan fingerprint density at radius 2 is 0.821 bits per heavy atom. The van der Waals surface area contributed by atoms with Crippen molar-refractivity contribution in [2.24, 2.45) is 5.41 Å². The summed E-state index contributed by atoms with van der Waals surface area (Å²) in [6.45, 7) is 27.3. The van der Waals surface area contributed by atoms with Gasteiger partial charge in [-0.15, -0.1) is 0 Å². The van der Waals surface area contributed by atoms with Crippen LogP contribution in [0.2, 0.25) is 0 Å². The van der Waals surface area contributed by atoms with Gasteiger partial charge in [0.1, 0.15) is 0 Å². The lowest BCUT2D eigenvalue weighted by molar-refractivity contribution is -0.193. The summed E-state index contributed by atoms with van der Waals surface area (Å²) in [4.78, 5) is 0. The predicted octanol–water partition coefficient (Wildman–Crippen LogP) is 9.89. The molecule has 0 aliphatic heterocycles. The maximum Gasteiger partial charge on any atom is 0.162 e. The van der Waals surface area contributed by atoms with Crippen LogP contribution in [0.4, 0.5) is 0 Å². The molecule has 2 heteroatoms. The van der Waals surface area contributed by atoms with Gasteiger partial charge in [0.25, 0.3) is 0 Å². The van der Waals surface area contributed by atoms with Crippen molar-refractivity contribution >= 4 is 0 Å². The van der Waals surface area contributed by atoms with Crippen molar-refractivity contribution in [2.75, 3.05) is 13.7 Å². The fraction of sp³-hybridized carbons (Fsp3) is 0.769. The molecule has 28 heavy (non-hydrogen) atoms. The summed E-state index contributed by atoms with van der Waals surface area (Å²) < 4.78 is 10.1. The zero-order valence-electron chi connectivity index (χ0n) is 20.7. The minimum Gasteiger partial charge on any atom is -0.354 e. The number of ether oxygens (including phenoxy) is 2. The second-order valence-electron chi connectivity index (χ2n) is 6.11. The van der Waals surface area contributed by atoms with Crippen molar-refractivity contribution in [2.45, 2.75) is 117 Å². The van der Waals surface area contributed by atoms with Crippen LogP contribution in [-0.2, 0) is 9.47 Å². The Morgan fingerprint density at radius 3 is 0.893 bits per heavy atom. The SMILES string of the molecule is C.C.CC.CC.CC.CCC(C)(C)C.CCOC(C)(C)OC.c1ccccc1. The minimum absolute atomic E-state index is 0. The molecule has 0 radical (unpaired) electrons. The first-order valence-corrected chi connectivity index (χ1v) is 10.4. The minimum atomic E-state index is -0.408. The lowest BCUT2D eigenvalue weighted by Crippen LogP contribution is -2.26. The van der Waals surface area contributed by atoms with Crippen molar-refractivity contribution in [3.63, 3.8) is 0 Å². The van der Waals surface area contributed by atoms with Gasteiger partial charge in [0, 0.05) is 13.7 Å². The summed E-state index contributed by atoms with van der Waals surface area (Å²) in [5.41, 5.74) is 0.542. The highest BCUT2D eigenvalue weighted by molar-refractivity contribution is 4.99. The van der Waals surface area contributed by atoms with Crippen LogP contribution in [0.3, 0.4) is 0 Å². The number of methoxy groups -OCH3 is 1. The zero-order chi connectivity index (χ0) is 22.1. The molecule has 0 N–H and O–H groups in total. The van der Waals surface area contributed by atoms with Crippen molar-refractivity contribution < 1.29 is 9.47 Å². The van der Waals surface area contributed by atoms with E-state index >= 15 is 0 Å². The molecule has 0 aliphatic carbocycles. The summed E-state index contributed by atoms with van der Waals surface area (Å²) >= 11 is 0. The molecule has 0 amide bonds. The van der Waals surface area contributed by atoms with Crippen LogP contribution >= 0.6 is 0 Å². The van der Waals surface area contributed by atoms with Crippen LogP contribution in [0.25, 0.3) is 0 Å². The predicted molar refractivity (Wildman–Crippen MR) is 136 cm³/mol. The number of rotatable bonds is 3. The van der Waals surface area contributed by atoms with Crippen molar-refractivity contribution in [1.29, 1.82) is 0 Å². The number of benzene rings is 1. The van der Waals surface area contributed by atoms with Crippen LogP contribution in [-0.4, -0.2) is 19.5 Å². The Bertz CT molecular complexity index is 260. The molecule has 0 bridgehead atoms. The van der Waals surface area contributed by atoms with Gasteiger partial charge in [-0.3, -0.25) is 0 Å². The molecule has 0 atom stereocenters. The van der Waals surface area contributed by atoms with Crippen molar-refractivity contribution in [3.05, 3.63) is 36.4 Å². The van der Waals surface area contributed by atoms with Gasteiger partial charge in [0.15, 0.2) is 5.79 Å². The summed E-state index contributed by atoms with van der Waals surface area (Å²) in [5.74, 6) is -0.408. The number of hydrogen-bond acceptors (Lipinski definition) is 2. The Morgan fingerprint density at radius 1 is 0.607 bits per heavy atom. The van der Waals surface area contributed by atoms with E-state index in [-0.39, 0.29) is 14.9 Å². The molecule has 2 nitrogen and oxygen atoms in total. The van der Waals surface area contributed by atoms with Gasteiger partial charge < -0.3 is 9.47 Å². The topological polar surface area (TPSA) is 18.5 Å². The summed E-state index contributed by atoms with van der Waals surface area (Å²) in [7, 11) is 1.63. The van der Waals surface area contributed by atoms with Crippen molar-refractivity contribution in [1.82, 2.24) is 0 Å². The molecule has 0 fully saturated rings. The van der Waals surface area contributed by atoms with Crippen LogP contribution < -0.4 is 0 Å². The van der Waals surface area contributed by atoms with E-state index in [2.05, 4.69) is 27.7 Å². The van der Waals surface area contributed by atoms with E-state index in [1.54, 1.807) is 7.11 Å². The second-order valence-corrected chi connectivity index (χ2v) is 6.11. The Labute approximate surface area is 182 Å². The quantitative estimate of drug-likeness (QED) is 0.466. The molecule has 0 unspecified atom stereocenters. The lowest BCUT2D eigenvalue weighted by Gasteiger charge is -2.21. The highest BCUT2D eigenvalue weighted by Gasteiger charge is 2.13. The first-order chi connectivity index (χ1) is 12.2. The Kier molecular flexibility index (Phi) is 60.4. The van der Waals surface area contributed by atoms with Crippen LogP contribution in [0, 0.1) is 5.41 Å². The van der Waals surface area contributed by atoms with Gasteiger partial charge >= 0.3 is 0 Å². The molecule has 176 valence electrons. The van der Waals surface area contributed by atoms with E-state index in [9.17, 15) is 0 Å². The van der Waals surface area contributed by atoms with Gasteiger partial charge in [-0.25, -0.2) is 0 Å². The molecular formula is C26H60O2. The Hall–Kier alpha value is -0.860. The molecule has 1 aromatic rings. The third kappa shape index (κ3) is 63.9. The molecule has 1 rings (SSSR count). The zero-order valence-corrected chi connectivity index (χ0v) is 20.7. The van der Waals surface area contributed by atoms with E-state index in [0.717, 1.165) is 0 Å². The molecule has 0 aliphatic rings. The van der Waals surface area contributed by atoms with Gasteiger partial charge in [0.2, 0.25) is 0 Å². The van der Waals surface area contributed by atoms with Gasteiger partial charge in [-0.05, 0) is 26.2 Å². The Balaban J connectivity index is -0.0000000405. The van der Waals surface area contributed by atoms with Crippen LogP contribution in [0.5, 0.6) is 0 Å². The average Bonchev–Trinajstić information content (AvgIpc) is 2.68. The van der Waals surface area contributed by atoms with Gasteiger partial charge in [-0.2, -0.15) is 0 Å². The van der Waals surface area contributed by atoms with E-state index in [0.29, 0.717) is 12.0 Å². The molecular weight excluding hydrogens is 344 g/mol. The monoisotopic (exact) mass is 404 g/mol. The smallest absolute Gasteiger partial charge is 0.162 e. The maximum atomic E-state index is 5.16. The first-order valence-electron chi connectivity index (χ1n) is 10.4. The lowest BCUT2D eigenvalue weighted by atomic mass is 9.94. The highest BCUT2D eigenvalue weighted by Crippen LogP contribution is 2.16. The van der Waals surface area contributed by atoms with Crippen molar-refractivity contribution in [3.8, 4) is 0 Å². The molecule has 0 saturated heterocycles. The summed E-state index contributed by atoms with van der Waals surface area (Å²) in [5, 5.41) is 0. The molecule has 0 spiro atoms. The van der Waals surface area contributed by atoms with E-state index in [4.69, 9.17) is 9.47 Å². The largest absolute Gasteiger partial charge is 0.354 e. The third-order valence-electron chi connectivity index (χ3n) is 2.71. The van der Waals surface area contributed by atoms with Gasteiger partial charge in [-0.1, -0.05) is 127 Å². The van der Waals surface area contributed by atoms with E-state index < -0.39 is 5.79 Å². The first kappa shape index (κ1) is 45.7. The standard InChI is InChI=1S/C6H14O2.C6H6.C6H14.3C2H6.2CH4/c1-5-8-6(2,3)7-4;1-2-4-6-5-3-1;1-5-6(2,3)4;3*1-2;;/h5H2,1-4H3;1-6H;5H2,1-4H3;3*1-2H3;2*1H4. The summed E-state index contributed by atoms with van der Waals surface area (Å²) in [6, 6.07) is 12.0. The molecule has 0 aromatic heterocycles.